The van der Waals surface area contributed by atoms with Gasteiger partial charge in [-0.1, -0.05) is 46.3 Å². The highest BCUT2D eigenvalue weighted by molar-refractivity contribution is 9.10. The van der Waals surface area contributed by atoms with Crippen molar-refractivity contribution in [3.8, 4) is 5.75 Å². The van der Waals surface area contributed by atoms with Crippen molar-refractivity contribution in [1.29, 1.82) is 0 Å². The van der Waals surface area contributed by atoms with Gasteiger partial charge in [0.25, 0.3) is 0 Å². The van der Waals surface area contributed by atoms with E-state index < -0.39 is 5.97 Å². The Kier molecular flexibility index (Phi) is 5.92. The first-order chi connectivity index (χ1) is 12.6. The van der Waals surface area contributed by atoms with Crippen LogP contribution >= 0.6 is 15.9 Å². The number of rotatable bonds is 7. The molecule has 5 heteroatoms. The maximum atomic E-state index is 11.0. The molecule has 0 saturated carbocycles. The second-order valence-electron chi connectivity index (χ2n) is 5.80. The van der Waals surface area contributed by atoms with Crippen molar-refractivity contribution < 1.29 is 14.6 Å². The van der Waals surface area contributed by atoms with E-state index in [1.54, 1.807) is 18.2 Å². The van der Waals surface area contributed by atoms with Gasteiger partial charge in [-0.05, 0) is 53.6 Å². The number of carboxylic acids is 1. The van der Waals surface area contributed by atoms with Crippen LogP contribution in [0.15, 0.2) is 77.3 Å². The summed E-state index contributed by atoms with van der Waals surface area (Å²) in [6, 6.07) is 22.7. The Morgan fingerprint density at radius 3 is 2.35 bits per heavy atom. The summed E-state index contributed by atoms with van der Waals surface area (Å²) in [6.45, 7) is 1.13. The molecule has 3 aromatic carbocycles. The Balaban J connectivity index is 1.53. The Bertz CT molecular complexity index is 877. The van der Waals surface area contributed by atoms with Crippen molar-refractivity contribution >= 4 is 27.6 Å². The Hall–Kier alpha value is -2.79. The number of carbonyl (C=O) groups is 1. The van der Waals surface area contributed by atoms with Gasteiger partial charge in [0.05, 0.1) is 5.56 Å². The molecule has 0 radical (unpaired) electrons. The highest BCUT2D eigenvalue weighted by Crippen LogP contribution is 2.17. The van der Waals surface area contributed by atoms with E-state index in [0.717, 1.165) is 27.0 Å². The molecule has 132 valence electrons. The van der Waals surface area contributed by atoms with Gasteiger partial charge in [-0.25, -0.2) is 4.79 Å². The molecule has 0 aliphatic rings. The van der Waals surface area contributed by atoms with E-state index in [-0.39, 0.29) is 5.56 Å². The van der Waals surface area contributed by atoms with Crippen LogP contribution in [0.5, 0.6) is 5.75 Å². The number of halogens is 1. The van der Waals surface area contributed by atoms with Gasteiger partial charge in [-0.3, -0.25) is 0 Å². The summed E-state index contributed by atoms with van der Waals surface area (Å²) in [5.41, 5.74) is 3.24. The third-order valence-corrected chi connectivity index (χ3v) is 4.38. The number of hydrogen-bond acceptors (Lipinski definition) is 3. The van der Waals surface area contributed by atoms with Crippen molar-refractivity contribution in [2.45, 2.75) is 13.2 Å². The fraction of sp³-hybridized carbons (Fsp3) is 0.0952. The molecule has 0 spiro atoms. The topological polar surface area (TPSA) is 58.6 Å². The average molecular weight is 412 g/mol. The Morgan fingerprint density at radius 1 is 0.962 bits per heavy atom. The Morgan fingerprint density at radius 2 is 1.65 bits per heavy atom. The largest absolute Gasteiger partial charge is 0.489 e. The van der Waals surface area contributed by atoms with Crippen LogP contribution in [-0.2, 0) is 13.2 Å². The van der Waals surface area contributed by atoms with E-state index in [2.05, 4.69) is 21.2 Å². The van der Waals surface area contributed by atoms with E-state index in [1.165, 1.54) is 0 Å². The highest BCUT2D eigenvalue weighted by Gasteiger charge is 2.03. The van der Waals surface area contributed by atoms with E-state index in [0.29, 0.717) is 13.2 Å². The molecule has 0 unspecified atom stereocenters. The van der Waals surface area contributed by atoms with Crippen molar-refractivity contribution in [2.75, 3.05) is 5.32 Å². The lowest BCUT2D eigenvalue weighted by Crippen LogP contribution is -2.02. The number of aromatic carboxylic acids is 1. The smallest absolute Gasteiger partial charge is 0.335 e. The highest BCUT2D eigenvalue weighted by atomic mass is 79.9. The lowest BCUT2D eigenvalue weighted by Gasteiger charge is -2.09. The summed E-state index contributed by atoms with van der Waals surface area (Å²) < 4.78 is 6.84. The van der Waals surface area contributed by atoms with Crippen molar-refractivity contribution in [3.63, 3.8) is 0 Å². The summed E-state index contributed by atoms with van der Waals surface area (Å²) in [5, 5.41) is 12.3. The summed E-state index contributed by atoms with van der Waals surface area (Å²) in [5.74, 6) is -0.120. The van der Waals surface area contributed by atoms with Gasteiger partial charge < -0.3 is 15.2 Å². The molecule has 26 heavy (non-hydrogen) atoms. The van der Waals surface area contributed by atoms with Crippen LogP contribution in [0.2, 0.25) is 0 Å². The lowest BCUT2D eigenvalue weighted by molar-refractivity contribution is 0.0697. The zero-order valence-electron chi connectivity index (χ0n) is 14.0. The third kappa shape index (κ3) is 5.10. The quantitative estimate of drug-likeness (QED) is 0.550. The molecule has 0 heterocycles. The molecule has 0 aliphatic carbocycles. The predicted octanol–water partition coefficient (Wildman–Crippen LogP) is 5.34. The van der Waals surface area contributed by atoms with Crippen molar-refractivity contribution in [1.82, 2.24) is 0 Å². The van der Waals surface area contributed by atoms with Crippen LogP contribution in [0.1, 0.15) is 21.5 Å². The SMILES string of the molecule is O=C(O)c1cccc(NCc2ccc(OCc3ccc(Br)cc3)cc2)c1. The van der Waals surface area contributed by atoms with Gasteiger partial charge in [-0.2, -0.15) is 0 Å². The number of ether oxygens (including phenoxy) is 1. The van der Waals surface area contributed by atoms with Crippen LogP contribution in [0.25, 0.3) is 0 Å². The van der Waals surface area contributed by atoms with Crippen LogP contribution in [0.3, 0.4) is 0 Å². The maximum Gasteiger partial charge on any atom is 0.335 e. The van der Waals surface area contributed by atoms with Crippen molar-refractivity contribution in [2.24, 2.45) is 0 Å². The molecule has 0 amide bonds. The first kappa shape index (κ1) is 18.0. The number of hydrogen-bond donors (Lipinski definition) is 2. The zero-order valence-corrected chi connectivity index (χ0v) is 15.6. The number of benzene rings is 3. The van der Waals surface area contributed by atoms with Crippen LogP contribution in [0.4, 0.5) is 5.69 Å². The summed E-state index contributed by atoms with van der Waals surface area (Å²) in [6.07, 6.45) is 0. The standard InChI is InChI=1S/C21H18BrNO3/c22-18-8-4-16(5-9-18)14-26-20-10-6-15(7-11-20)13-23-19-3-1-2-17(12-19)21(24)25/h1-12,23H,13-14H2,(H,24,25). The van der Waals surface area contributed by atoms with Gasteiger partial charge in [0.15, 0.2) is 0 Å². The van der Waals surface area contributed by atoms with Gasteiger partial charge in [0.1, 0.15) is 12.4 Å². The van der Waals surface area contributed by atoms with E-state index in [4.69, 9.17) is 9.84 Å². The minimum absolute atomic E-state index is 0.270. The molecule has 0 aromatic heterocycles. The fourth-order valence-electron chi connectivity index (χ4n) is 2.42. The molecule has 3 aromatic rings. The zero-order chi connectivity index (χ0) is 18.4. The van der Waals surface area contributed by atoms with Crippen LogP contribution < -0.4 is 10.1 Å². The maximum absolute atomic E-state index is 11.0. The minimum Gasteiger partial charge on any atom is -0.489 e. The minimum atomic E-state index is -0.930. The van der Waals surface area contributed by atoms with E-state index in [1.807, 2.05) is 54.6 Å². The molecule has 0 aliphatic heterocycles. The van der Waals surface area contributed by atoms with E-state index >= 15 is 0 Å². The van der Waals surface area contributed by atoms with Gasteiger partial charge in [0.2, 0.25) is 0 Å². The number of carboxylic acid groups (broad SMARTS) is 1. The summed E-state index contributed by atoms with van der Waals surface area (Å²) >= 11 is 3.42. The normalized spacial score (nSPS) is 10.3. The first-order valence-corrected chi connectivity index (χ1v) is 8.93. The molecule has 4 nitrogen and oxygen atoms in total. The monoisotopic (exact) mass is 411 g/mol. The lowest BCUT2D eigenvalue weighted by atomic mass is 10.2. The predicted molar refractivity (Wildman–Crippen MR) is 106 cm³/mol. The number of anilines is 1. The molecule has 0 fully saturated rings. The molecule has 2 N–H and O–H groups in total. The fourth-order valence-corrected chi connectivity index (χ4v) is 2.68. The van der Waals surface area contributed by atoms with Crippen LogP contribution in [-0.4, -0.2) is 11.1 Å². The molecule has 0 saturated heterocycles. The molecular weight excluding hydrogens is 394 g/mol. The first-order valence-electron chi connectivity index (χ1n) is 8.13. The summed E-state index contributed by atoms with van der Waals surface area (Å²) in [7, 11) is 0. The Labute approximate surface area is 160 Å². The third-order valence-electron chi connectivity index (χ3n) is 3.85. The van der Waals surface area contributed by atoms with Gasteiger partial charge >= 0.3 is 5.97 Å². The average Bonchev–Trinajstić information content (AvgIpc) is 2.67. The molecule has 3 rings (SSSR count). The summed E-state index contributed by atoms with van der Waals surface area (Å²) in [4.78, 5) is 11.0. The number of nitrogens with one attached hydrogen (secondary N) is 1. The molecule has 0 bridgehead atoms. The van der Waals surface area contributed by atoms with Gasteiger partial charge in [-0.15, -0.1) is 0 Å². The van der Waals surface area contributed by atoms with Gasteiger partial charge in [0, 0.05) is 16.7 Å². The molecular formula is C21H18BrNO3. The van der Waals surface area contributed by atoms with Crippen LogP contribution in [0, 0.1) is 0 Å². The van der Waals surface area contributed by atoms with Crippen molar-refractivity contribution in [3.05, 3.63) is 94.0 Å². The second kappa shape index (κ2) is 8.54. The second-order valence-corrected chi connectivity index (χ2v) is 6.71. The molecule has 0 atom stereocenters. The van der Waals surface area contributed by atoms with E-state index in [9.17, 15) is 4.79 Å².